The monoisotopic (exact) mass is 396 g/mol. The Labute approximate surface area is 168 Å². The summed E-state index contributed by atoms with van der Waals surface area (Å²) in [5.74, 6) is 1.43. The Morgan fingerprint density at radius 3 is 2.64 bits per heavy atom. The maximum atomic E-state index is 12.6. The number of para-hydroxylation sites is 2. The first-order valence-corrected chi connectivity index (χ1v) is 9.63. The Kier molecular flexibility index (Phi) is 5.30. The van der Waals surface area contributed by atoms with E-state index in [1.807, 2.05) is 30.5 Å². The predicted octanol–water partition coefficient (Wildman–Crippen LogP) is 4.15. The minimum atomic E-state index is -0.0365. The molecule has 0 aliphatic carbocycles. The number of carbonyl (C=O) groups excluding carboxylic acids is 1. The molecule has 1 aromatic heterocycles. The molecule has 1 N–H and O–H groups in total. The van der Waals surface area contributed by atoms with E-state index < -0.39 is 0 Å². The van der Waals surface area contributed by atoms with E-state index in [4.69, 9.17) is 21.3 Å². The lowest BCUT2D eigenvalue weighted by Gasteiger charge is -2.32. The van der Waals surface area contributed by atoms with Crippen LogP contribution in [0.15, 0.2) is 48.7 Å². The number of carbonyl (C=O) groups is 1. The number of fused-ring (bicyclic) bond motifs is 1. The summed E-state index contributed by atoms with van der Waals surface area (Å²) in [6.07, 6.45) is 3.34. The summed E-state index contributed by atoms with van der Waals surface area (Å²) in [6, 6.07) is 13.1. The van der Waals surface area contributed by atoms with Crippen LogP contribution in [0.25, 0.3) is 11.0 Å². The van der Waals surface area contributed by atoms with Crippen LogP contribution in [0, 0.1) is 5.92 Å². The van der Waals surface area contributed by atoms with Crippen molar-refractivity contribution in [1.29, 1.82) is 0 Å². The van der Waals surface area contributed by atoms with Gasteiger partial charge >= 0.3 is 0 Å². The molecule has 0 atom stereocenters. The minimum Gasteiger partial charge on any atom is -0.495 e. The molecule has 0 unspecified atom stereocenters. The Balaban J connectivity index is 1.37. The quantitative estimate of drug-likeness (QED) is 0.717. The second-order valence-corrected chi connectivity index (χ2v) is 7.22. The van der Waals surface area contributed by atoms with Gasteiger partial charge in [0, 0.05) is 24.7 Å². The van der Waals surface area contributed by atoms with E-state index in [1.165, 1.54) is 0 Å². The highest BCUT2D eigenvalue weighted by atomic mass is 35.5. The molecule has 2 heterocycles. The van der Waals surface area contributed by atoms with Gasteiger partial charge in [0.15, 0.2) is 0 Å². The van der Waals surface area contributed by atoms with Crippen LogP contribution < -0.4 is 15.0 Å². The smallest absolute Gasteiger partial charge is 0.227 e. The summed E-state index contributed by atoms with van der Waals surface area (Å²) in [5, 5.41) is 3.43. The third kappa shape index (κ3) is 3.87. The Morgan fingerprint density at radius 1 is 1.18 bits per heavy atom. The van der Waals surface area contributed by atoms with Gasteiger partial charge in [0.05, 0.1) is 29.4 Å². The zero-order valence-corrected chi connectivity index (χ0v) is 16.3. The average molecular weight is 397 g/mol. The molecule has 1 fully saturated rings. The number of ether oxygens (including phenoxy) is 1. The average Bonchev–Trinajstić information content (AvgIpc) is 2.73. The molecule has 1 aliphatic heterocycles. The van der Waals surface area contributed by atoms with Crippen LogP contribution in [-0.2, 0) is 4.79 Å². The third-order valence-corrected chi connectivity index (χ3v) is 5.34. The van der Waals surface area contributed by atoms with Gasteiger partial charge in [-0.05, 0) is 43.2 Å². The lowest BCUT2D eigenvalue weighted by molar-refractivity contribution is -0.120. The second-order valence-electron chi connectivity index (χ2n) is 6.82. The number of amides is 1. The zero-order chi connectivity index (χ0) is 19.5. The lowest BCUT2D eigenvalue weighted by atomic mass is 9.96. The maximum absolute atomic E-state index is 12.6. The maximum Gasteiger partial charge on any atom is 0.227 e. The Bertz CT molecular complexity index is 1000. The molecule has 4 rings (SSSR count). The fourth-order valence-corrected chi connectivity index (χ4v) is 3.72. The van der Waals surface area contributed by atoms with E-state index in [2.05, 4.69) is 15.2 Å². The first-order chi connectivity index (χ1) is 13.6. The van der Waals surface area contributed by atoms with Crippen LogP contribution >= 0.6 is 11.6 Å². The number of rotatable bonds is 4. The van der Waals surface area contributed by atoms with Gasteiger partial charge in [0.2, 0.25) is 5.91 Å². The second kappa shape index (κ2) is 8.02. The number of nitrogens with one attached hydrogen (secondary N) is 1. The summed E-state index contributed by atoms with van der Waals surface area (Å²) in [4.78, 5) is 24.0. The number of nitrogens with zero attached hydrogens (tertiary/aromatic N) is 3. The van der Waals surface area contributed by atoms with E-state index in [9.17, 15) is 4.79 Å². The van der Waals surface area contributed by atoms with E-state index in [-0.39, 0.29) is 11.8 Å². The van der Waals surface area contributed by atoms with Crippen LogP contribution in [-0.4, -0.2) is 36.1 Å². The Morgan fingerprint density at radius 2 is 1.93 bits per heavy atom. The molecular weight excluding hydrogens is 376 g/mol. The van der Waals surface area contributed by atoms with E-state index in [0.717, 1.165) is 42.8 Å². The number of aromatic nitrogens is 2. The van der Waals surface area contributed by atoms with Crippen molar-refractivity contribution >= 4 is 40.0 Å². The summed E-state index contributed by atoms with van der Waals surface area (Å²) in [5.41, 5.74) is 2.45. The van der Waals surface area contributed by atoms with Crippen molar-refractivity contribution in [2.24, 2.45) is 5.92 Å². The van der Waals surface area contributed by atoms with Gasteiger partial charge < -0.3 is 15.0 Å². The largest absolute Gasteiger partial charge is 0.495 e. The van der Waals surface area contributed by atoms with Gasteiger partial charge in [-0.3, -0.25) is 9.78 Å². The van der Waals surface area contributed by atoms with E-state index in [1.54, 1.807) is 25.3 Å². The topological polar surface area (TPSA) is 67.3 Å². The fraction of sp³-hybridized carbons (Fsp3) is 0.286. The molecule has 6 nitrogen and oxygen atoms in total. The normalized spacial score (nSPS) is 14.9. The molecule has 144 valence electrons. The lowest BCUT2D eigenvalue weighted by Crippen LogP contribution is -2.38. The number of hydrogen-bond acceptors (Lipinski definition) is 5. The molecule has 0 radical (unpaired) electrons. The number of hydrogen-bond donors (Lipinski definition) is 1. The van der Waals surface area contributed by atoms with Crippen LogP contribution in [0.1, 0.15) is 12.8 Å². The molecule has 0 bridgehead atoms. The Hall–Kier alpha value is -2.86. The molecule has 2 aromatic carbocycles. The van der Waals surface area contributed by atoms with Crippen molar-refractivity contribution in [3.05, 3.63) is 53.7 Å². The fourth-order valence-electron chi connectivity index (χ4n) is 3.46. The van der Waals surface area contributed by atoms with Gasteiger partial charge in [-0.2, -0.15) is 0 Å². The van der Waals surface area contributed by atoms with E-state index in [0.29, 0.717) is 16.5 Å². The zero-order valence-electron chi connectivity index (χ0n) is 15.6. The number of halogens is 1. The van der Waals surface area contributed by atoms with Crippen molar-refractivity contribution in [2.75, 3.05) is 30.4 Å². The van der Waals surface area contributed by atoms with Gasteiger partial charge in [-0.15, -0.1) is 0 Å². The molecule has 7 heteroatoms. The van der Waals surface area contributed by atoms with Gasteiger partial charge in [0.1, 0.15) is 11.6 Å². The molecule has 28 heavy (non-hydrogen) atoms. The molecule has 1 saturated heterocycles. The summed E-state index contributed by atoms with van der Waals surface area (Å²) in [7, 11) is 1.56. The summed E-state index contributed by atoms with van der Waals surface area (Å²) >= 11 is 6.13. The van der Waals surface area contributed by atoms with Gasteiger partial charge in [-0.1, -0.05) is 23.7 Å². The number of benzene rings is 2. The van der Waals surface area contributed by atoms with Crippen LogP contribution in [0.5, 0.6) is 5.75 Å². The first kappa shape index (κ1) is 18.5. The van der Waals surface area contributed by atoms with Crippen molar-refractivity contribution in [3.8, 4) is 5.75 Å². The van der Waals surface area contributed by atoms with Crippen molar-refractivity contribution in [3.63, 3.8) is 0 Å². The molecule has 0 saturated carbocycles. The molecule has 1 aliphatic rings. The highest BCUT2D eigenvalue weighted by molar-refractivity contribution is 6.32. The molecule has 1 amide bonds. The SMILES string of the molecule is COc1ccc(NC(=O)C2CCN(c3cnc4ccccc4n3)CC2)cc1Cl. The van der Waals surface area contributed by atoms with Crippen molar-refractivity contribution in [2.45, 2.75) is 12.8 Å². The number of piperidine rings is 1. The summed E-state index contributed by atoms with van der Waals surface area (Å²) in [6.45, 7) is 1.54. The molecule has 0 spiro atoms. The number of anilines is 2. The van der Waals surface area contributed by atoms with Crippen molar-refractivity contribution in [1.82, 2.24) is 9.97 Å². The van der Waals surface area contributed by atoms with E-state index >= 15 is 0 Å². The number of methoxy groups -OCH3 is 1. The molecule has 3 aromatic rings. The molecular formula is C21H21ClN4O2. The first-order valence-electron chi connectivity index (χ1n) is 9.25. The van der Waals surface area contributed by atoms with Crippen molar-refractivity contribution < 1.29 is 9.53 Å². The standard InChI is InChI=1S/C21H21ClN4O2/c1-28-19-7-6-15(12-16(19)22)24-21(27)14-8-10-26(11-9-14)20-13-23-17-4-2-3-5-18(17)25-20/h2-7,12-14H,8-11H2,1H3,(H,24,27). The summed E-state index contributed by atoms with van der Waals surface area (Å²) < 4.78 is 5.14. The highest BCUT2D eigenvalue weighted by Crippen LogP contribution is 2.28. The van der Waals surface area contributed by atoms with Crippen LogP contribution in [0.4, 0.5) is 11.5 Å². The third-order valence-electron chi connectivity index (χ3n) is 5.04. The van der Waals surface area contributed by atoms with Gasteiger partial charge in [0.25, 0.3) is 0 Å². The predicted molar refractivity (Wildman–Crippen MR) is 111 cm³/mol. The van der Waals surface area contributed by atoms with Crippen LogP contribution in [0.3, 0.4) is 0 Å². The highest BCUT2D eigenvalue weighted by Gasteiger charge is 2.26. The van der Waals surface area contributed by atoms with Crippen LogP contribution in [0.2, 0.25) is 5.02 Å². The minimum absolute atomic E-state index is 0.0190. The van der Waals surface area contributed by atoms with Gasteiger partial charge in [-0.25, -0.2) is 4.98 Å².